The summed E-state index contributed by atoms with van der Waals surface area (Å²) in [6, 6.07) is 8.34. The van der Waals surface area contributed by atoms with Crippen molar-refractivity contribution in [2.45, 2.75) is 72.3 Å². The van der Waals surface area contributed by atoms with Crippen LogP contribution in [0.3, 0.4) is 0 Å². The van der Waals surface area contributed by atoms with Gasteiger partial charge in [0.05, 0.1) is 5.69 Å². The molecular formula is C26H45FN4O2S. The van der Waals surface area contributed by atoms with Crippen molar-refractivity contribution in [2.24, 2.45) is 0 Å². The number of halogens is 1. The number of benzene rings is 1. The van der Waals surface area contributed by atoms with Gasteiger partial charge in [-0.15, -0.1) is 0 Å². The number of rotatable bonds is 8. The Hall–Kier alpha value is -2.29. The first kappa shape index (κ1) is 29.7. The fourth-order valence-electron chi connectivity index (χ4n) is 3.85. The summed E-state index contributed by atoms with van der Waals surface area (Å²) in [5.74, 6) is 0.0343. The Morgan fingerprint density at radius 1 is 1.21 bits per heavy atom. The molecule has 0 aliphatic heterocycles. The zero-order valence-corrected chi connectivity index (χ0v) is 22.0. The van der Waals surface area contributed by atoms with Gasteiger partial charge in [0.15, 0.2) is 0 Å². The smallest absolute Gasteiger partial charge is 0.279 e. The lowest BCUT2D eigenvalue weighted by Crippen LogP contribution is -2.46. The van der Waals surface area contributed by atoms with Gasteiger partial charge in [0.25, 0.3) is 10.2 Å². The zero-order valence-electron chi connectivity index (χ0n) is 21.2. The second kappa shape index (κ2) is 15.6. The van der Waals surface area contributed by atoms with Gasteiger partial charge < -0.3 is 0 Å². The van der Waals surface area contributed by atoms with Crippen molar-refractivity contribution < 1.29 is 15.7 Å². The van der Waals surface area contributed by atoms with Crippen LogP contribution < -0.4 is 4.72 Å². The van der Waals surface area contributed by atoms with E-state index in [1.807, 2.05) is 58.9 Å². The van der Waals surface area contributed by atoms with Gasteiger partial charge in [-0.3, -0.25) is 5.10 Å². The first-order valence-electron chi connectivity index (χ1n) is 12.2. The van der Waals surface area contributed by atoms with Gasteiger partial charge >= 0.3 is 0 Å². The van der Waals surface area contributed by atoms with Gasteiger partial charge in [0.1, 0.15) is 5.82 Å². The maximum Gasteiger partial charge on any atom is 0.279 e. The maximum atomic E-state index is 13.4. The van der Waals surface area contributed by atoms with Gasteiger partial charge in [-0.1, -0.05) is 64.6 Å². The molecule has 0 amide bonds. The molecule has 1 heterocycles. The quantitative estimate of drug-likeness (QED) is 0.400. The van der Waals surface area contributed by atoms with Crippen LogP contribution in [0.4, 0.5) is 4.39 Å². The van der Waals surface area contributed by atoms with E-state index in [0.29, 0.717) is 19.0 Å². The first-order chi connectivity index (χ1) is 16.3. The summed E-state index contributed by atoms with van der Waals surface area (Å²) in [4.78, 5) is 0. The average molecular weight is 497 g/mol. The van der Waals surface area contributed by atoms with Crippen LogP contribution in [0, 0.1) is 5.82 Å². The predicted molar refractivity (Wildman–Crippen MR) is 145 cm³/mol. The van der Waals surface area contributed by atoms with Crippen LogP contribution in [0.2, 0.25) is 0 Å². The molecule has 1 aliphatic carbocycles. The van der Waals surface area contributed by atoms with E-state index in [4.69, 9.17) is 0 Å². The summed E-state index contributed by atoms with van der Waals surface area (Å²) in [6.45, 7) is 14.0. The Morgan fingerprint density at radius 2 is 1.85 bits per heavy atom. The van der Waals surface area contributed by atoms with Crippen molar-refractivity contribution in [1.29, 1.82) is 0 Å². The summed E-state index contributed by atoms with van der Waals surface area (Å²) in [5, 5.41) is 7.39. The van der Waals surface area contributed by atoms with Crippen LogP contribution in [-0.4, -0.2) is 42.1 Å². The molecule has 1 aromatic carbocycles. The molecule has 0 atom stereocenters. The van der Waals surface area contributed by atoms with Crippen LogP contribution in [0.15, 0.2) is 55.1 Å². The van der Waals surface area contributed by atoms with Crippen molar-refractivity contribution in [3.63, 3.8) is 0 Å². The molecule has 0 radical (unpaired) electrons. The molecule has 0 saturated heterocycles. The van der Waals surface area contributed by atoms with Gasteiger partial charge in [-0.05, 0) is 50.8 Å². The normalized spacial score (nSPS) is 18.1. The molecule has 0 unspecified atom stereocenters. The molecule has 0 bridgehead atoms. The van der Waals surface area contributed by atoms with E-state index in [1.54, 1.807) is 12.1 Å². The highest BCUT2D eigenvalue weighted by atomic mass is 32.2. The summed E-state index contributed by atoms with van der Waals surface area (Å²) >= 11 is 0. The monoisotopic (exact) mass is 496 g/mol. The fourth-order valence-corrected chi connectivity index (χ4v) is 5.33. The van der Waals surface area contributed by atoms with Crippen molar-refractivity contribution in [3.05, 3.63) is 66.6 Å². The van der Waals surface area contributed by atoms with E-state index in [0.717, 1.165) is 42.6 Å². The highest BCUT2D eigenvalue weighted by molar-refractivity contribution is 7.87. The lowest BCUT2D eigenvalue weighted by Gasteiger charge is -2.30. The highest BCUT2D eigenvalue weighted by Crippen LogP contribution is 2.33. The molecule has 1 saturated carbocycles. The molecule has 194 valence electrons. The summed E-state index contributed by atoms with van der Waals surface area (Å²) in [6.07, 6.45) is 8.93. The van der Waals surface area contributed by atoms with Gasteiger partial charge in [-0.2, -0.15) is 22.5 Å². The second-order valence-electron chi connectivity index (χ2n) is 7.74. The number of nitrogens with zero attached hydrogens (tertiary/aromatic N) is 2. The predicted octanol–water partition coefficient (Wildman–Crippen LogP) is 6.68. The maximum absolute atomic E-state index is 13.4. The number of allylic oxidation sites excluding steroid dienone is 3. The highest BCUT2D eigenvalue weighted by Gasteiger charge is 2.28. The molecule has 2 N–H and O–H groups in total. The SMILES string of the molecule is C=C/C=C\C.CC.CCN(CC)S(=O)(=O)NC1CCC(c2cc(-c3cccc(F)c3)n[nH]2)CC1.[HH].[HH]. The van der Waals surface area contributed by atoms with Crippen molar-refractivity contribution in [2.75, 3.05) is 13.1 Å². The number of hydrogen-bond donors (Lipinski definition) is 2. The zero-order chi connectivity index (χ0) is 25.6. The minimum absolute atomic E-state index is 0. The minimum atomic E-state index is -3.41. The van der Waals surface area contributed by atoms with Crippen LogP contribution in [0.5, 0.6) is 0 Å². The van der Waals surface area contributed by atoms with Crippen molar-refractivity contribution in [3.8, 4) is 11.3 Å². The Bertz CT molecular complexity index is 987. The standard InChI is InChI=1S/C19H27FN4O2S.C5H8.C2H6.2H2/c1-3-24(4-2)27(25,26)23-17-10-8-14(9-11-17)18-13-19(22-21-18)15-6-5-7-16(20)12-15;1-3-5-4-2;1-2;;/h5-7,12-14,17,23H,3-4,8-11H2,1-2H3,(H,21,22);3-5H,1H2,2H3;1-2H3;2*1H/b;5-4-;;;. The second-order valence-corrected chi connectivity index (χ2v) is 9.44. The fraction of sp³-hybridized carbons (Fsp3) is 0.500. The average Bonchev–Trinajstić information content (AvgIpc) is 3.33. The molecule has 6 nitrogen and oxygen atoms in total. The van der Waals surface area contributed by atoms with Gasteiger partial charge in [0.2, 0.25) is 0 Å². The molecular weight excluding hydrogens is 451 g/mol. The van der Waals surface area contributed by atoms with Crippen LogP contribution >= 0.6 is 0 Å². The minimum Gasteiger partial charge on any atom is -0.282 e. The number of aromatic amines is 1. The summed E-state index contributed by atoms with van der Waals surface area (Å²) in [5.41, 5.74) is 2.51. The van der Waals surface area contributed by atoms with Crippen molar-refractivity contribution >= 4 is 10.2 Å². The van der Waals surface area contributed by atoms with E-state index >= 15 is 0 Å². The third kappa shape index (κ3) is 9.16. The van der Waals surface area contributed by atoms with Gasteiger partial charge in [-0.25, -0.2) is 4.39 Å². The van der Waals surface area contributed by atoms with Crippen LogP contribution in [0.1, 0.15) is 74.8 Å². The largest absolute Gasteiger partial charge is 0.282 e. The molecule has 1 aromatic heterocycles. The first-order valence-corrected chi connectivity index (χ1v) is 13.6. The molecule has 34 heavy (non-hydrogen) atoms. The Morgan fingerprint density at radius 3 is 2.35 bits per heavy atom. The topological polar surface area (TPSA) is 78.1 Å². The van der Waals surface area contributed by atoms with E-state index in [1.165, 1.54) is 16.4 Å². The number of hydrogen-bond acceptors (Lipinski definition) is 3. The third-order valence-corrected chi connectivity index (χ3v) is 7.40. The molecule has 3 rings (SSSR count). The lowest BCUT2D eigenvalue weighted by molar-refractivity contribution is 0.355. The molecule has 1 aliphatic rings. The van der Waals surface area contributed by atoms with E-state index in [-0.39, 0.29) is 14.7 Å². The molecule has 1 fully saturated rings. The van der Waals surface area contributed by atoms with Crippen LogP contribution in [-0.2, 0) is 10.2 Å². The van der Waals surface area contributed by atoms with E-state index in [2.05, 4.69) is 21.5 Å². The summed E-state index contributed by atoms with van der Waals surface area (Å²) in [7, 11) is -3.41. The Labute approximate surface area is 208 Å². The molecule has 0 spiro atoms. The lowest BCUT2D eigenvalue weighted by atomic mass is 9.84. The Balaban J connectivity index is 0. The van der Waals surface area contributed by atoms with Crippen molar-refractivity contribution in [1.82, 2.24) is 19.2 Å². The molecule has 2 aromatic rings. The van der Waals surface area contributed by atoms with Crippen LogP contribution in [0.25, 0.3) is 11.3 Å². The van der Waals surface area contributed by atoms with E-state index in [9.17, 15) is 12.8 Å². The third-order valence-electron chi connectivity index (χ3n) is 5.57. The van der Waals surface area contributed by atoms with Gasteiger partial charge in [0, 0.05) is 39.2 Å². The Kier molecular flexibility index (Phi) is 13.6. The summed E-state index contributed by atoms with van der Waals surface area (Å²) < 4.78 is 42.4. The number of H-pyrrole nitrogens is 1. The molecule has 8 heteroatoms. The number of nitrogens with one attached hydrogen (secondary N) is 2. The number of aromatic nitrogens is 2. The van der Waals surface area contributed by atoms with E-state index < -0.39 is 10.2 Å².